The molecule has 0 aliphatic carbocycles. The zero-order chi connectivity index (χ0) is 91.7. The molecule has 0 radical (unpaired) electrons. The monoisotopic (exact) mass is 1840 g/mol. The van der Waals surface area contributed by atoms with Gasteiger partial charge in [0.15, 0.2) is 18.9 Å². The number of rotatable bonds is 70. The van der Waals surface area contributed by atoms with Crippen molar-refractivity contribution in [2.24, 2.45) is 0 Å². The summed E-state index contributed by atoms with van der Waals surface area (Å²) in [6.45, 7) is 10.3. The van der Waals surface area contributed by atoms with Gasteiger partial charge in [-0.1, -0.05) is 28.5 Å². The molecule has 3 aromatic rings. The average Bonchev–Trinajstić information content (AvgIpc) is 1.61. The van der Waals surface area contributed by atoms with Crippen molar-refractivity contribution in [3.05, 3.63) is 47.8 Å². The molecule has 10 heterocycles. The summed E-state index contributed by atoms with van der Waals surface area (Å²) in [5.41, 5.74) is -3.75. The van der Waals surface area contributed by atoms with Gasteiger partial charge >= 0.3 is 0 Å². The number of aromatic nitrogens is 9. The summed E-state index contributed by atoms with van der Waals surface area (Å²) < 4.78 is 127. The van der Waals surface area contributed by atoms with Crippen LogP contribution < -0.4 is 26.6 Å². The summed E-state index contributed by atoms with van der Waals surface area (Å²) in [5.74, 6) is -2.31. The molecule has 0 spiro atoms. The van der Waals surface area contributed by atoms with Crippen molar-refractivity contribution < 1.29 is 164 Å². The normalized spacial score (nSPS) is 25.8. The van der Waals surface area contributed by atoms with E-state index in [-0.39, 0.29) is 235 Å². The number of hydrogen-bond donors (Lipinski definition) is 11. The Morgan fingerprint density at radius 1 is 0.395 bits per heavy atom. The minimum absolute atomic E-state index is 0.0222. The molecular formula is C80H129N15O34. The van der Waals surface area contributed by atoms with Crippen LogP contribution >= 0.6 is 0 Å². The van der Waals surface area contributed by atoms with E-state index in [9.17, 15) is 64.2 Å². The fourth-order valence-electron chi connectivity index (χ4n) is 14.9. The summed E-state index contributed by atoms with van der Waals surface area (Å²) in [6.07, 6.45) is 0.811. The number of fused-ring (bicyclic) bond motifs is 6. The lowest BCUT2D eigenvalue weighted by Gasteiger charge is -2.42. The molecule has 49 heteroatoms. The lowest BCUT2D eigenvalue weighted by Crippen LogP contribution is -2.66. The number of imide groups is 1. The molecule has 7 amide bonds. The van der Waals surface area contributed by atoms with E-state index in [2.05, 4.69) is 57.5 Å². The van der Waals surface area contributed by atoms with E-state index in [0.29, 0.717) is 108 Å². The number of amides is 7. The molecule has 11 N–H and O–H groups in total. The number of aliphatic hydroxyl groups is 6. The van der Waals surface area contributed by atoms with Crippen LogP contribution in [-0.2, 0) is 172 Å². The van der Waals surface area contributed by atoms with E-state index < -0.39 is 114 Å². The summed E-state index contributed by atoms with van der Waals surface area (Å²) in [4.78, 5) is 86.7. The van der Waals surface area contributed by atoms with Crippen LogP contribution in [0.15, 0.2) is 30.7 Å². The van der Waals surface area contributed by atoms with Gasteiger partial charge < -0.3 is 157 Å². The Labute approximate surface area is 745 Å². The molecule has 0 unspecified atom stereocenters. The fourth-order valence-corrected chi connectivity index (χ4v) is 14.9. The standard InChI is InChI=1S/C80H129N15O34/c1-55(96)82-65-68(103)71(106)78(52-124-74(65)127-78)49-118-37-34-115-31-28-112-25-22-109-19-16-92-40-58(86-89-92)43-121-46-77(85-62(100)11-6-4-8-14-81-61(99)10-7-5-9-15-95-63(101)12-13-64(95)102,47-122-44-59-41-93(90-87-59)17-20-110-23-26-113-29-32-116-35-38-119-50-79-53-125-75(128-79)66(83-56(2)97)69(104)72(79)107)48-123-45-60-42-94(91-88-60)18-21-111-24-27-114-30-33-117-36-39-120-51-80-54-126-76(129-80)67(84-57(3)98)70(105)73(80)108/h12-13,40-42,65-76,103-108H,4-11,14-39,43-54H2,1-3H3,(H,81,99)(H,82,96)(H,83,97)(H,84,98)(H,85,100)/t65-,66-,67-,68-,69-,70-,71-,72-,73-,74+,75+,76+,78+,79+,80+/m1/s1. The van der Waals surface area contributed by atoms with Gasteiger partial charge in [0.2, 0.25) is 29.5 Å². The van der Waals surface area contributed by atoms with E-state index in [1.807, 2.05) is 0 Å². The van der Waals surface area contributed by atoms with Gasteiger partial charge in [-0.2, -0.15) is 0 Å². The summed E-state index contributed by atoms with van der Waals surface area (Å²) in [7, 11) is 0. The predicted octanol–water partition coefficient (Wildman–Crippen LogP) is -6.32. The molecular weight excluding hydrogens is 1710 g/mol. The molecule has 15 atom stereocenters. The first-order valence-electron chi connectivity index (χ1n) is 43.7. The van der Waals surface area contributed by atoms with Crippen molar-refractivity contribution in [2.45, 2.75) is 208 Å². The number of ether oxygens (including phenoxy) is 21. The van der Waals surface area contributed by atoms with Crippen LogP contribution in [0.1, 0.15) is 89.2 Å². The van der Waals surface area contributed by atoms with E-state index in [0.717, 1.165) is 0 Å². The predicted molar refractivity (Wildman–Crippen MR) is 435 cm³/mol. The highest BCUT2D eigenvalue weighted by atomic mass is 16.8. The lowest BCUT2D eigenvalue weighted by atomic mass is 9.88. The second-order valence-electron chi connectivity index (χ2n) is 32.1. The van der Waals surface area contributed by atoms with Gasteiger partial charge in [0.05, 0.1) is 256 Å². The van der Waals surface area contributed by atoms with Crippen LogP contribution in [0, 0.1) is 0 Å². The number of carbonyl (C=O) groups excluding carboxylic acids is 7. The molecule has 6 fully saturated rings. The van der Waals surface area contributed by atoms with Gasteiger partial charge in [-0.25, -0.2) is 14.0 Å². The SMILES string of the molecule is CC(=O)N[C@H]1[C@H]2OC[C@](COCCOCCOCCOCCn3cc(COCC(COCc4cn(CCOCCOCCOCCOC[C@@]56CO[C@@H](O5)[C@H](NC(C)=O)[C@@H](O)[C@H]6O)nn4)(COCc4cn(CCOCCOCCOCCOC[C@@]56CO[C@@H](O5)[C@H](NC(C)=O)[C@@H](O)[C@H]6O)nn4)NC(=O)CCCCCNC(=O)CCCCCN4C(=O)C=CC4=O)nn3)(O2)[C@H](O)[C@@H]1O. The van der Waals surface area contributed by atoms with Gasteiger partial charge in [0, 0.05) is 58.9 Å². The zero-order valence-electron chi connectivity index (χ0n) is 73.4. The van der Waals surface area contributed by atoms with Crippen LogP contribution in [0.4, 0.5) is 0 Å². The highest BCUT2D eigenvalue weighted by molar-refractivity contribution is 6.12. The third kappa shape index (κ3) is 33.3. The highest BCUT2D eigenvalue weighted by Gasteiger charge is 2.62. The maximum absolute atomic E-state index is 14.2. The molecule has 0 saturated carbocycles. The third-order valence-electron chi connectivity index (χ3n) is 21.6. The first-order valence-corrected chi connectivity index (χ1v) is 43.7. The van der Waals surface area contributed by atoms with Crippen LogP contribution in [0.25, 0.3) is 0 Å². The van der Waals surface area contributed by atoms with E-state index in [1.54, 1.807) is 32.6 Å². The molecule has 0 aromatic carbocycles. The Morgan fingerprint density at radius 2 is 0.698 bits per heavy atom. The van der Waals surface area contributed by atoms with Crippen LogP contribution in [0.2, 0.25) is 0 Å². The van der Waals surface area contributed by atoms with Crippen molar-refractivity contribution >= 4 is 41.4 Å². The summed E-state index contributed by atoms with van der Waals surface area (Å²) >= 11 is 0. The summed E-state index contributed by atoms with van der Waals surface area (Å²) in [6, 6.07) is -2.75. The van der Waals surface area contributed by atoms with E-state index >= 15 is 0 Å². The van der Waals surface area contributed by atoms with Gasteiger partial charge in [-0.05, 0) is 25.7 Å². The second-order valence-corrected chi connectivity index (χ2v) is 32.1. The van der Waals surface area contributed by atoms with Crippen LogP contribution in [0.3, 0.4) is 0 Å². The molecule has 6 bridgehead atoms. The van der Waals surface area contributed by atoms with Crippen molar-refractivity contribution in [3.8, 4) is 0 Å². The number of nitrogens with zero attached hydrogens (tertiary/aromatic N) is 10. The van der Waals surface area contributed by atoms with Crippen molar-refractivity contribution in [3.63, 3.8) is 0 Å². The van der Waals surface area contributed by atoms with Gasteiger partial charge in [-0.3, -0.25) is 38.5 Å². The Morgan fingerprint density at radius 3 is 1.02 bits per heavy atom. The zero-order valence-corrected chi connectivity index (χ0v) is 73.4. The minimum atomic E-state index is -1.35. The molecule has 6 saturated heterocycles. The Hall–Kier alpha value is -7.43. The van der Waals surface area contributed by atoms with Crippen LogP contribution in [-0.4, -0.2) is 429 Å². The fraction of sp³-hybridized carbons (Fsp3) is 0.812. The molecule has 49 nitrogen and oxygen atoms in total. The maximum Gasteiger partial charge on any atom is 0.253 e. The molecule has 7 aliphatic heterocycles. The Balaban J connectivity index is 0.652. The Bertz CT molecular complexity index is 3550. The van der Waals surface area contributed by atoms with Crippen molar-refractivity contribution in [2.75, 3.05) is 211 Å². The first kappa shape index (κ1) is 104. The quantitative estimate of drug-likeness (QED) is 0.0185. The smallest absolute Gasteiger partial charge is 0.253 e. The van der Waals surface area contributed by atoms with Crippen molar-refractivity contribution in [1.82, 2.24) is 76.5 Å². The summed E-state index contributed by atoms with van der Waals surface area (Å²) in [5, 5.41) is 104. The minimum Gasteiger partial charge on any atom is -0.388 e. The van der Waals surface area contributed by atoms with Gasteiger partial charge in [0.1, 0.15) is 94.2 Å². The number of nitrogens with one attached hydrogen (secondary N) is 5. The second kappa shape index (κ2) is 54.7. The molecule has 7 aliphatic rings. The highest BCUT2D eigenvalue weighted by Crippen LogP contribution is 2.40. The number of unbranched alkanes of at least 4 members (excludes halogenated alkanes) is 4. The van der Waals surface area contributed by atoms with E-state index in [1.165, 1.54) is 37.8 Å². The van der Waals surface area contributed by atoms with Gasteiger partial charge in [-0.15, -0.1) is 15.3 Å². The van der Waals surface area contributed by atoms with Crippen molar-refractivity contribution in [1.29, 1.82) is 0 Å². The largest absolute Gasteiger partial charge is 0.388 e. The lowest BCUT2D eigenvalue weighted by molar-refractivity contribution is -0.238. The molecule has 3 aromatic heterocycles. The molecule has 10 rings (SSSR count). The third-order valence-corrected chi connectivity index (χ3v) is 21.6. The molecule has 129 heavy (non-hydrogen) atoms. The average molecular weight is 1840 g/mol. The Kier molecular flexibility index (Phi) is 43.9. The van der Waals surface area contributed by atoms with Gasteiger partial charge in [0.25, 0.3) is 11.8 Å². The number of aliphatic hydroxyl groups excluding tert-OH is 6. The van der Waals surface area contributed by atoms with E-state index in [4.69, 9.17) is 99.5 Å². The number of carbonyl (C=O) groups is 7. The topological polar surface area (TPSA) is 590 Å². The maximum atomic E-state index is 14.2. The molecule has 728 valence electrons. The van der Waals surface area contributed by atoms with Crippen LogP contribution in [0.5, 0.6) is 0 Å². The first-order chi connectivity index (χ1) is 62.5. The number of hydrogen-bond acceptors (Lipinski definition) is 40.